The van der Waals surface area contributed by atoms with Crippen LogP contribution in [0.25, 0.3) is 11.3 Å². The van der Waals surface area contributed by atoms with Crippen LogP contribution in [0.2, 0.25) is 5.02 Å². The van der Waals surface area contributed by atoms with Gasteiger partial charge in [-0.3, -0.25) is 14.4 Å². The number of nitrogens with one attached hydrogen (secondary N) is 3. The smallest absolute Gasteiger partial charge is 0.425 e. The van der Waals surface area contributed by atoms with Gasteiger partial charge in [0.25, 0.3) is 5.91 Å². The van der Waals surface area contributed by atoms with Crippen LogP contribution in [0.5, 0.6) is 5.75 Å². The van der Waals surface area contributed by atoms with E-state index in [1.165, 1.54) is 25.1 Å². The molecule has 0 bridgehead atoms. The fourth-order valence-electron chi connectivity index (χ4n) is 3.93. The minimum Gasteiger partial charge on any atom is -0.480 e. The van der Waals surface area contributed by atoms with Crippen molar-refractivity contribution in [3.8, 4) is 17.0 Å². The van der Waals surface area contributed by atoms with Crippen molar-refractivity contribution in [3.05, 3.63) is 70.6 Å². The van der Waals surface area contributed by atoms with Crippen LogP contribution in [0, 0.1) is 0 Å². The number of benzene rings is 2. The summed E-state index contributed by atoms with van der Waals surface area (Å²) in [5, 5.41) is 8.22. The topological polar surface area (TPSA) is 114 Å². The molecular formula is C28H31ClF3N5O4. The minimum atomic E-state index is -4.57. The molecule has 0 aliphatic heterocycles. The molecule has 9 nitrogen and oxygen atoms in total. The molecule has 2 aromatic carbocycles. The summed E-state index contributed by atoms with van der Waals surface area (Å²) in [5.74, 6) is -0.793. The molecule has 0 radical (unpaired) electrons. The number of hydrogen-bond acceptors (Lipinski definition) is 6. The first-order chi connectivity index (χ1) is 19.3. The molecule has 0 saturated heterocycles. The van der Waals surface area contributed by atoms with Crippen molar-refractivity contribution in [2.75, 3.05) is 20.1 Å². The number of carbonyl (C=O) groups is 3. The first-order valence-electron chi connectivity index (χ1n) is 12.7. The fourth-order valence-corrected chi connectivity index (χ4v) is 4.15. The molecule has 2 amide bonds. The van der Waals surface area contributed by atoms with Gasteiger partial charge in [-0.05, 0) is 44.2 Å². The molecule has 0 spiro atoms. The Morgan fingerprint density at radius 3 is 2.37 bits per heavy atom. The molecule has 0 aliphatic rings. The number of halogens is 4. The summed E-state index contributed by atoms with van der Waals surface area (Å²) in [6.07, 6.45) is -4.54. The third kappa shape index (κ3) is 8.79. The van der Waals surface area contributed by atoms with E-state index in [0.717, 1.165) is 18.1 Å². The van der Waals surface area contributed by atoms with Crippen LogP contribution in [-0.2, 0) is 18.3 Å². The highest BCUT2D eigenvalue weighted by Gasteiger charge is 2.38. The summed E-state index contributed by atoms with van der Waals surface area (Å²) in [4.78, 5) is 41.2. The lowest BCUT2D eigenvalue weighted by atomic mass is 10.0. The average molecular weight is 594 g/mol. The van der Waals surface area contributed by atoms with Gasteiger partial charge in [0, 0.05) is 37.8 Å². The molecule has 220 valence electrons. The van der Waals surface area contributed by atoms with Gasteiger partial charge in [-0.2, -0.15) is 13.2 Å². The zero-order valence-electron chi connectivity index (χ0n) is 22.9. The number of amides is 2. The molecule has 41 heavy (non-hydrogen) atoms. The summed E-state index contributed by atoms with van der Waals surface area (Å²) < 4.78 is 45.1. The largest absolute Gasteiger partial charge is 0.480 e. The Hall–Kier alpha value is -3.90. The van der Waals surface area contributed by atoms with Gasteiger partial charge in [-0.25, -0.2) is 4.98 Å². The summed E-state index contributed by atoms with van der Waals surface area (Å²) >= 11 is 6.10. The third-order valence-corrected chi connectivity index (χ3v) is 6.40. The summed E-state index contributed by atoms with van der Waals surface area (Å²) in [6, 6.07) is 10.6. The summed E-state index contributed by atoms with van der Waals surface area (Å²) in [7, 11) is 3.38. The Labute approximate surface area is 240 Å². The molecule has 2 atom stereocenters. The Balaban J connectivity index is 1.74. The average Bonchev–Trinajstić information content (AvgIpc) is 3.30. The highest BCUT2D eigenvalue weighted by molar-refractivity contribution is 6.32. The molecule has 3 N–H and O–H groups in total. The number of nitrogens with zero attached hydrogens (tertiary/aromatic N) is 2. The molecular weight excluding hydrogens is 563 g/mol. The lowest BCUT2D eigenvalue weighted by Crippen LogP contribution is -2.46. The van der Waals surface area contributed by atoms with Crippen molar-refractivity contribution in [1.29, 1.82) is 0 Å². The first kappa shape index (κ1) is 31.6. The SMILES string of the molecule is CNCC(=O)NCC(Cc1ccc(-c2cn(C)c(C(C)=O)n2)cc1)NC(=O)c1ccc(OC(C)C(F)(F)F)c(Cl)c1. The summed E-state index contributed by atoms with van der Waals surface area (Å²) in [6.45, 7) is 2.52. The Morgan fingerprint density at radius 2 is 1.80 bits per heavy atom. The number of alkyl halides is 3. The number of ketones is 1. The number of Topliss-reactive ketones (excluding diaryl/α,β-unsaturated/α-hetero) is 1. The molecule has 0 saturated carbocycles. The van der Waals surface area contributed by atoms with Crippen LogP contribution in [0.4, 0.5) is 13.2 Å². The zero-order chi connectivity index (χ0) is 30.3. The second-order valence-corrected chi connectivity index (χ2v) is 9.88. The number of imidazole rings is 1. The Morgan fingerprint density at radius 1 is 1.12 bits per heavy atom. The van der Waals surface area contributed by atoms with Crippen LogP contribution in [0.15, 0.2) is 48.7 Å². The monoisotopic (exact) mass is 593 g/mol. The first-order valence-corrected chi connectivity index (χ1v) is 13.0. The van der Waals surface area contributed by atoms with E-state index in [1.807, 2.05) is 24.3 Å². The number of carbonyl (C=O) groups excluding carboxylic acids is 3. The second kappa shape index (κ2) is 13.6. The van der Waals surface area contributed by atoms with Crippen molar-refractivity contribution in [3.63, 3.8) is 0 Å². The van der Waals surface area contributed by atoms with Crippen LogP contribution in [0.3, 0.4) is 0 Å². The van der Waals surface area contributed by atoms with E-state index < -0.39 is 24.2 Å². The van der Waals surface area contributed by atoms with Gasteiger partial charge < -0.3 is 25.3 Å². The minimum absolute atomic E-state index is 0.0924. The van der Waals surface area contributed by atoms with Crippen molar-refractivity contribution >= 4 is 29.2 Å². The van der Waals surface area contributed by atoms with E-state index >= 15 is 0 Å². The van der Waals surface area contributed by atoms with E-state index in [4.69, 9.17) is 16.3 Å². The molecule has 3 rings (SSSR count). The number of aromatic nitrogens is 2. The molecule has 0 aliphatic carbocycles. The normalized spacial score (nSPS) is 12.9. The number of rotatable bonds is 12. The molecule has 13 heteroatoms. The van der Waals surface area contributed by atoms with Gasteiger partial charge >= 0.3 is 6.18 Å². The fraction of sp³-hybridized carbons (Fsp3) is 0.357. The highest BCUT2D eigenvalue weighted by atomic mass is 35.5. The predicted molar refractivity (Wildman–Crippen MR) is 148 cm³/mol. The Bertz CT molecular complexity index is 1390. The van der Waals surface area contributed by atoms with Gasteiger partial charge in [0.1, 0.15) is 5.75 Å². The third-order valence-electron chi connectivity index (χ3n) is 6.10. The molecule has 2 unspecified atom stereocenters. The highest BCUT2D eigenvalue weighted by Crippen LogP contribution is 2.30. The van der Waals surface area contributed by atoms with Crippen LogP contribution in [0.1, 0.15) is 40.4 Å². The maximum absolute atomic E-state index is 13.0. The predicted octanol–water partition coefficient (Wildman–Crippen LogP) is 3.95. The van der Waals surface area contributed by atoms with Gasteiger partial charge in [0.2, 0.25) is 5.91 Å². The van der Waals surface area contributed by atoms with E-state index in [2.05, 4.69) is 20.9 Å². The van der Waals surface area contributed by atoms with E-state index in [9.17, 15) is 27.6 Å². The van der Waals surface area contributed by atoms with Crippen LogP contribution < -0.4 is 20.7 Å². The number of aryl methyl sites for hydroxylation is 1. The van der Waals surface area contributed by atoms with Crippen molar-refractivity contribution < 1.29 is 32.3 Å². The van der Waals surface area contributed by atoms with Crippen molar-refractivity contribution in [1.82, 2.24) is 25.5 Å². The van der Waals surface area contributed by atoms with Gasteiger partial charge in [-0.1, -0.05) is 35.9 Å². The standard InChI is InChI=1S/C28H31ClF3N5O4/c1-16(38)26-36-23(15-37(26)4)19-7-5-18(6-8-19)11-21(13-34-25(39)14-33-3)35-27(40)20-9-10-24(22(29)12-20)41-17(2)28(30,31)32/h5-10,12,15,17,21,33H,11,13-14H2,1-4H3,(H,34,39)(H,35,40). The van der Waals surface area contributed by atoms with Gasteiger partial charge in [0.05, 0.1) is 23.3 Å². The molecule has 0 fully saturated rings. The Kier molecular flexibility index (Phi) is 10.5. The van der Waals surface area contributed by atoms with Crippen molar-refractivity contribution in [2.45, 2.75) is 38.6 Å². The molecule has 3 aromatic rings. The second-order valence-electron chi connectivity index (χ2n) is 9.47. The number of likely N-dealkylation sites (N-methyl/N-ethyl adjacent to an activating group) is 1. The van der Waals surface area contributed by atoms with Gasteiger partial charge in [-0.15, -0.1) is 0 Å². The summed E-state index contributed by atoms with van der Waals surface area (Å²) in [5.41, 5.74) is 2.41. The van der Waals surface area contributed by atoms with E-state index in [1.54, 1.807) is 24.9 Å². The molecule has 1 aromatic heterocycles. The number of ether oxygens (including phenoxy) is 1. The van der Waals surface area contributed by atoms with Crippen molar-refractivity contribution in [2.24, 2.45) is 7.05 Å². The lowest BCUT2D eigenvalue weighted by Gasteiger charge is -2.21. The quantitative estimate of drug-likeness (QED) is 0.274. The van der Waals surface area contributed by atoms with E-state index in [0.29, 0.717) is 17.9 Å². The zero-order valence-corrected chi connectivity index (χ0v) is 23.7. The lowest BCUT2D eigenvalue weighted by molar-refractivity contribution is -0.189. The maximum Gasteiger partial charge on any atom is 0.425 e. The van der Waals surface area contributed by atoms with Gasteiger partial charge in [0.15, 0.2) is 17.7 Å². The van der Waals surface area contributed by atoms with Crippen LogP contribution in [-0.4, -0.2) is 65.6 Å². The molecule has 1 heterocycles. The number of hydrogen-bond donors (Lipinski definition) is 3. The maximum atomic E-state index is 13.0. The van der Waals surface area contributed by atoms with E-state index in [-0.39, 0.29) is 41.1 Å². The van der Waals surface area contributed by atoms with Crippen LogP contribution >= 0.6 is 11.6 Å².